The maximum Gasteiger partial charge on any atom is 0.338 e. The van der Waals surface area contributed by atoms with Crippen LogP contribution in [0.3, 0.4) is 0 Å². The van der Waals surface area contributed by atoms with Crippen LogP contribution in [0.5, 0.6) is 11.5 Å². The first kappa shape index (κ1) is 38.4. The second kappa shape index (κ2) is 18.5. The van der Waals surface area contributed by atoms with Crippen LogP contribution in [-0.4, -0.2) is 35.4 Å². The number of aryl methyl sites for hydroxylation is 5. The summed E-state index contributed by atoms with van der Waals surface area (Å²) in [5.41, 5.74) is 6.87. The number of aliphatic hydroxyl groups is 2. The zero-order valence-electron chi connectivity index (χ0n) is 29.6. The molecule has 0 aliphatic heterocycles. The van der Waals surface area contributed by atoms with Crippen LogP contribution in [0.1, 0.15) is 94.5 Å². The van der Waals surface area contributed by atoms with E-state index in [2.05, 4.69) is 63.4 Å². The van der Waals surface area contributed by atoms with Gasteiger partial charge in [0, 0.05) is 22.1 Å². The molecule has 0 fully saturated rings. The number of esters is 2. The standard InChI is InChI=1S/C42H54O6/c1-8-11-12-13-31-14-16-32(17-15-31)18-19-33-20-21-36(34(9-2)24-33)37-26-38(47-40(45)29(4)5)35(22-23-42(10-3,27-43)28-44)25-39(37)48-41(46)30(6)7/h14-17,20-21,24-26,43-44H,4,6,8-13,18-19,22-23,27-28H2,1-3,5,7H3. The van der Waals surface area contributed by atoms with Crippen molar-refractivity contribution in [3.05, 3.63) is 107 Å². The minimum atomic E-state index is -0.704. The number of benzene rings is 3. The lowest BCUT2D eigenvalue weighted by atomic mass is 9.81. The number of aliphatic hydroxyl groups excluding tert-OH is 2. The highest BCUT2D eigenvalue weighted by Gasteiger charge is 2.28. The van der Waals surface area contributed by atoms with Crippen molar-refractivity contribution in [2.24, 2.45) is 5.41 Å². The molecular formula is C42H54O6. The number of unbranched alkanes of at least 4 members (excludes halogenated alkanes) is 2. The number of ether oxygens (including phenoxy) is 2. The number of hydrogen-bond acceptors (Lipinski definition) is 6. The smallest absolute Gasteiger partial charge is 0.338 e. The van der Waals surface area contributed by atoms with E-state index in [1.54, 1.807) is 26.0 Å². The molecule has 0 spiro atoms. The van der Waals surface area contributed by atoms with E-state index in [1.807, 2.05) is 13.0 Å². The first-order valence-electron chi connectivity index (χ1n) is 17.3. The van der Waals surface area contributed by atoms with E-state index in [0.717, 1.165) is 36.8 Å². The number of hydrogen-bond donors (Lipinski definition) is 2. The van der Waals surface area contributed by atoms with E-state index < -0.39 is 17.4 Å². The molecule has 0 amide bonds. The van der Waals surface area contributed by atoms with Crippen molar-refractivity contribution in [1.82, 2.24) is 0 Å². The molecule has 6 heteroatoms. The van der Waals surface area contributed by atoms with E-state index in [-0.39, 0.29) is 24.4 Å². The van der Waals surface area contributed by atoms with Crippen LogP contribution in [-0.2, 0) is 41.7 Å². The van der Waals surface area contributed by atoms with Crippen molar-refractivity contribution >= 4 is 11.9 Å². The predicted octanol–water partition coefficient (Wildman–Crippen LogP) is 8.71. The van der Waals surface area contributed by atoms with Crippen LogP contribution in [0, 0.1) is 5.41 Å². The normalized spacial score (nSPS) is 11.3. The largest absolute Gasteiger partial charge is 0.423 e. The molecule has 0 radical (unpaired) electrons. The molecule has 3 aromatic carbocycles. The Balaban J connectivity index is 2.02. The van der Waals surface area contributed by atoms with Gasteiger partial charge < -0.3 is 19.7 Å². The Kier molecular flexibility index (Phi) is 14.8. The number of rotatable bonds is 19. The summed E-state index contributed by atoms with van der Waals surface area (Å²) in [5.74, 6) is -0.489. The quantitative estimate of drug-likeness (QED) is 0.0581. The highest BCUT2D eigenvalue weighted by Crippen LogP contribution is 2.41. The Morgan fingerprint density at radius 1 is 0.667 bits per heavy atom. The highest BCUT2D eigenvalue weighted by molar-refractivity contribution is 5.92. The van der Waals surface area contributed by atoms with Crippen LogP contribution >= 0.6 is 0 Å². The Labute approximate surface area is 287 Å². The van der Waals surface area contributed by atoms with Gasteiger partial charge in [0.1, 0.15) is 11.5 Å². The Morgan fingerprint density at radius 3 is 1.77 bits per heavy atom. The van der Waals surface area contributed by atoms with Crippen LogP contribution in [0.15, 0.2) is 78.9 Å². The molecule has 0 saturated carbocycles. The van der Waals surface area contributed by atoms with Crippen molar-refractivity contribution in [2.75, 3.05) is 13.2 Å². The molecule has 0 aliphatic rings. The Bertz CT molecular complexity index is 1550. The SMILES string of the molecule is C=C(C)C(=O)Oc1cc(-c2ccc(CCc3ccc(CCCCC)cc3)cc2CC)c(OC(=O)C(=C)C)cc1CCC(CC)(CO)CO. The van der Waals surface area contributed by atoms with Crippen LogP contribution in [0.25, 0.3) is 11.1 Å². The number of carbonyl (C=O) groups is 2. The summed E-state index contributed by atoms with van der Waals surface area (Å²) in [6.45, 7) is 16.5. The molecule has 0 heterocycles. The van der Waals surface area contributed by atoms with E-state index in [9.17, 15) is 19.8 Å². The van der Waals surface area contributed by atoms with Crippen molar-refractivity contribution in [3.63, 3.8) is 0 Å². The topological polar surface area (TPSA) is 93.1 Å². The third-order valence-corrected chi connectivity index (χ3v) is 9.25. The molecule has 0 saturated heterocycles. The van der Waals surface area contributed by atoms with Gasteiger partial charge in [0.05, 0.1) is 13.2 Å². The molecular weight excluding hydrogens is 600 g/mol. The molecule has 0 aromatic heterocycles. The fourth-order valence-electron chi connectivity index (χ4n) is 5.67. The van der Waals surface area contributed by atoms with E-state index in [1.165, 1.54) is 36.0 Å². The molecule has 0 atom stereocenters. The summed E-state index contributed by atoms with van der Waals surface area (Å²) in [6.07, 6.45) is 8.74. The van der Waals surface area contributed by atoms with Gasteiger partial charge in [0.2, 0.25) is 0 Å². The first-order chi connectivity index (χ1) is 23.0. The maximum absolute atomic E-state index is 12.8. The predicted molar refractivity (Wildman–Crippen MR) is 194 cm³/mol. The Morgan fingerprint density at radius 2 is 1.23 bits per heavy atom. The van der Waals surface area contributed by atoms with Gasteiger partial charge >= 0.3 is 11.9 Å². The highest BCUT2D eigenvalue weighted by atomic mass is 16.5. The molecule has 0 aliphatic carbocycles. The third kappa shape index (κ3) is 10.5. The van der Waals surface area contributed by atoms with Crippen molar-refractivity contribution in [3.8, 4) is 22.6 Å². The second-order valence-electron chi connectivity index (χ2n) is 13.1. The van der Waals surface area contributed by atoms with Crippen molar-refractivity contribution in [1.29, 1.82) is 0 Å². The van der Waals surface area contributed by atoms with Crippen LogP contribution in [0.2, 0.25) is 0 Å². The van der Waals surface area contributed by atoms with E-state index >= 15 is 0 Å². The van der Waals surface area contributed by atoms with Gasteiger partial charge in [-0.2, -0.15) is 0 Å². The zero-order valence-corrected chi connectivity index (χ0v) is 29.6. The fraction of sp³-hybridized carbons (Fsp3) is 0.429. The lowest BCUT2D eigenvalue weighted by Crippen LogP contribution is -2.29. The molecule has 6 nitrogen and oxygen atoms in total. The molecule has 48 heavy (non-hydrogen) atoms. The average molecular weight is 655 g/mol. The van der Waals surface area contributed by atoms with Crippen LogP contribution in [0.4, 0.5) is 0 Å². The minimum absolute atomic E-state index is 0.187. The van der Waals surface area contributed by atoms with Crippen molar-refractivity contribution in [2.45, 2.75) is 98.8 Å². The second-order valence-corrected chi connectivity index (χ2v) is 13.1. The lowest BCUT2D eigenvalue weighted by Gasteiger charge is -2.28. The molecule has 2 N–H and O–H groups in total. The van der Waals surface area contributed by atoms with Gasteiger partial charge in [-0.3, -0.25) is 0 Å². The van der Waals surface area contributed by atoms with E-state index in [0.29, 0.717) is 41.9 Å². The molecule has 3 aromatic rings. The van der Waals surface area contributed by atoms with Gasteiger partial charge in [0.25, 0.3) is 0 Å². The van der Waals surface area contributed by atoms with Gasteiger partial charge in [-0.1, -0.05) is 89.2 Å². The fourth-order valence-corrected chi connectivity index (χ4v) is 5.67. The zero-order chi connectivity index (χ0) is 35.3. The summed E-state index contributed by atoms with van der Waals surface area (Å²) >= 11 is 0. The third-order valence-electron chi connectivity index (χ3n) is 9.25. The summed E-state index contributed by atoms with van der Waals surface area (Å²) < 4.78 is 11.7. The van der Waals surface area contributed by atoms with E-state index in [4.69, 9.17) is 9.47 Å². The molecule has 3 rings (SSSR count). The molecule has 0 unspecified atom stereocenters. The lowest BCUT2D eigenvalue weighted by molar-refractivity contribution is -0.131. The minimum Gasteiger partial charge on any atom is -0.423 e. The van der Waals surface area contributed by atoms with Gasteiger partial charge in [-0.15, -0.1) is 0 Å². The molecule has 258 valence electrons. The maximum atomic E-state index is 12.8. The first-order valence-corrected chi connectivity index (χ1v) is 17.3. The number of carbonyl (C=O) groups excluding carboxylic acids is 2. The van der Waals surface area contributed by atoms with Gasteiger partial charge in [-0.25, -0.2) is 9.59 Å². The summed E-state index contributed by atoms with van der Waals surface area (Å²) in [7, 11) is 0. The van der Waals surface area contributed by atoms with Gasteiger partial charge in [0.15, 0.2) is 0 Å². The summed E-state index contributed by atoms with van der Waals surface area (Å²) in [6, 6.07) is 18.8. The average Bonchev–Trinajstić information content (AvgIpc) is 3.09. The Hall–Kier alpha value is -4.00. The summed E-state index contributed by atoms with van der Waals surface area (Å²) in [4.78, 5) is 25.6. The van der Waals surface area contributed by atoms with Crippen LogP contribution < -0.4 is 9.47 Å². The molecule has 0 bridgehead atoms. The summed E-state index contributed by atoms with van der Waals surface area (Å²) in [5, 5.41) is 20.1. The van der Waals surface area contributed by atoms with Crippen molar-refractivity contribution < 1.29 is 29.3 Å². The van der Waals surface area contributed by atoms with Gasteiger partial charge in [-0.05, 0) is 111 Å². The monoisotopic (exact) mass is 654 g/mol.